The summed E-state index contributed by atoms with van der Waals surface area (Å²) in [5, 5.41) is 4.54. The van der Waals surface area contributed by atoms with Crippen LogP contribution in [0.2, 0.25) is 0 Å². The lowest BCUT2D eigenvalue weighted by molar-refractivity contribution is -0.120. The highest BCUT2D eigenvalue weighted by Gasteiger charge is 2.17. The van der Waals surface area contributed by atoms with Crippen molar-refractivity contribution in [3.05, 3.63) is 17.5 Å². The molecule has 0 aromatic carbocycles. The average Bonchev–Trinajstić information content (AvgIpc) is 3.06. The van der Waals surface area contributed by atoms with Crippen molar-refractivity contribution in [3.8, 4) is 0 Å². The second kappa shape index (κ2) is 8.64. The summed E-state index contributed by atoms with van der Waals surface area (Å²) in [6.07, 6.45) is 4.82. The fraction of sp³-hybridized carbons (Fsp3) is 0.667. The summed E-state index contributed by atoms with van der Waals surface area (Å²) < 4.78 is 24.3. The molecule has 2 rings (SSSR count). The number of piperidine rings is 1. The van der Waals surface area contributed by atoms with E-state index in [0.29, 0.717) is 10.8 Å². The molecule has 22 heavy (non-hydrogen) atoms. The predicted molar refractivity (Wildman–Crippen MR) is 88.9 cm³/mol. The Morgan fingerprint density at radius 1 is 1.27 bits per heavy atom. The molecule has 0 aliphatic carbocycles. The Morgan fingerprint density at radius 3 is 2.73 bits per heavy atom. The number of sulfone groups is 1. The van der Waals surface area contributed by atoms with Gasteiger partial charge < -0.3 is 10.2 Å². The number of thiophene rings is 1. The molecule has 0 unspecified atom stereocenters. The van der Waals surface area contributed by atoms with Crippen molar-refractivity contribution in [2.75, 3.05) is 31.9 Å². The number of amides is 1. The van der Waals surface area contributed by atoms with Crippen LogP contribution in [0.1, 0.15) is 32.1 Å². The van der Waals surface area contributed by atoms with Crippen molar-refractivity contribution < 1.29 is 13.2 Å². The molecular formula is C15H24N2O3S2. The Hall–Kier alpha value is -0.920. The number of nitrogens with one attached hydrogen (secondary N) is 1. The summed E-state index contributed by atoms with van der Waals surface area (Å²) in [5.74, 6) is -0.301. The van der Waals surface area contributed by atoms with E-state index in [4.69, 9.17) is 0 Å². The molecule has 5 nitrogen and oxygen atoms in total. The zero-order chi connectivity index (χ0) is 15.8. The van der Waals surface area contributed by atoms with Gasteiger partial charge in [0.05, 0.1) is 5.75 Å². The van der Waals surface area contributed by atoms with E-state index in [-0.39, 0.29) is 18.1 Å². The first kappa shape index (κ1) is 17.4. The van der Waals surface area contributed by atoms with Crippen LogP contribution in [0.3, 0.4) is 0 Å². The maximum absolute atomic E-state index is 12.0. The van der Waals surface area contributed by atoms with Gasteiger partial charge in [-0.3, -0.25) is 4.79 Å². The highest BCUT2D eigenvalue weighted by atomic mass is 32.2. The minimum atomic E-state index is -3.31. The summed E-state index contributed by atoms with van der Waals surface area (Å²) in [4.78, 5) is 14.2. The van der Waals surface area contributed by atoms with Gasteiger partial charge in [-0.15, -0.1) is 11.3 Å². The van der Waals surface area contributed by atoms with Gasteiger partial charge in [0.25, 0.3) is 0 Å². The van der Waals surface area contributed by atoms with E-state index in [1.54, 1.807) is 17.5 Å². The summed E-state index contributed by atoms with van der Waals surface area (Å²) in [6, 6.07) is 3.29. The van der Waals surface area contributed by atoms with Gasteiger partial charge in [-0.25, -0.2) is 8.42 Å². The van der Waals surface area contributed by atoms with Gasteiger partial charge in [-0.2, -0.15) is 0 Å². The van der Waals surface area contributed by atoms with Crippen LogP contribution in [0.15, 0.2) is 21.7 Å². The van der Waals surface area contributed by atoms with E-state index >= 15 is 0 Å². The predicted octanol–water partition coefficient (Wildman–Crippen LogP) is 1.90. The summed E-state index contributed by atoms with van der Waals surface area (Å²) in [5.41, 5.74) is 0. The first-order valence-electron chi connectivity index (χ1n) is 7.83. The second-order valence-corrected chi connectivity index (χ2v) is 8.89. The zero-order valence-corrected chi connectivity index (χ0v) is 14.4. The molecule has 0 atom stereocenters. The van der Waals surface area contributed by atoms with E-state index in [1.807, 2.05) is 0 Å². The molecule has 1 saturated heterocycles. The lowest BCUT2D eigenvalue weighted by Crippen LogP contribution is -2.33. The summed E-state index contributed by atoms with van der Waals surface area (Å²) in [6.45, 7) is 3.95. The third-order valence-electron chi connectivity index (χ3n) is 3.82. The van der Waals surface area contributed by atoms with Crippen molar-refractivity contribution in [2.24, 2.45) is 0 Å². The summed E-state index contributed by atoms with van der Waals surface area (Å²) >= 11 is 1.19. The molecule has 0 saturated carbocycles. The average molecular weight is 345 g/mol. The standard InChI is InChI=1S/C15H24N2O3S2/c18-14(7-13-22(19,20)15-6-4-12-21-15)16-8-5-11-17-9-2-1-3-10-17/h4,6,12H,1-3,5,7-11,13H2,(H,16,18). The van der Waals surface area contributed by atoms with Crippen LogP contribution >= 0.6 is 11.3 Å². The van der Waals surface area contributed by atoms with Crippen LogP contribution in [0.5, 0.6) is 0 Å². The third kappa shape index (κ3) is 5.70. The molecule has 1 N–H and O–H groups in total. The van der Waals surface area contributed by atoms with Crippen LogP contribution in [0.25, 0.3) is 0 Å². The molecule has 0 spiro atoms. The molecule has 1 aromatic rings. The Kier molecular flexibility index (Phi) is 6.85. The number of likely N-dealkylation sites (tertiary alicyclic amines) is 1. The van der Waals surface area contributed by atoms with E-state index in [9.17, 15) is 13.2 Å². The van der Waals surface area contributed by atoms with Crippen molar-refractivity contribution >= 4 is 27.1 Å². The van der Waals surface area contributed by atoms with Crippen LogP contribution in [0.4, 0.5) is 0 Å². The number of nitrogens with zero attached hydrogens (tertiary/aromatic N) is 1. The first-order chi connectivity index (χ1) is 10.6. The fourth-order valence-electron chi connectivity index (χ4n) is 2.57. The first-order valence-corrected chi connectivity index (χ1v) is 10.4. The van der Waals surface area contributed by atoms with Crippen molar-refractivity contribution in [1.82, 2.24) is 10.2 Å². The lowest BCUT2D eigenvalue weighted by atomic mass is 10.1. The molecule has 1 fully saturated rings. The van der Waals surface area contributed by atoms with Gasteiger partial charge in [-0.05, 0) is 50.3 Å². The molecule has 1 aliphatic rings. The van der Waals surface area contributed by atoms with Crippen LogP contribution < -0.4 is 5.32 Å². The molecule has 1 amide bonds. The molecule has 1 aromatic heterocycles. The fourth-order valence-corrected chi connectivity index (χ4v) is 4.96. The molecule has 124 valence electrons. The normalized spacial score (nSPS) is 16.5. The molecule has 7 heteroatoms. The molecular weight excluding hydrogens is 320 g/mol. The maximum atomic E-state index is 12.0. The van der Waals surface area contributed by atoms with E-state index in [2.05, 4.69) is 10.2 Å². The smallest absolute Gasteiger partial charge is 0.221 e. The molecule has 0 radical (unpaired) electrons. The number of carbonyl (C=O) groups excluding carboxylic acids is 1. The largest absolute Gasteiger partial charge is 0.356 e. The van der Waals surface area contributed by atoms with Gasteiger partial charge in [-0.1, -0.05) is 12.5 Å². The SMILES string of the molecule is O=C(CCS(=O)(=O)c1cccs1)NCCCN1CCCCC1. The van der Waals surface area contributed by atoms with E-state index in [0.717, 1.165) is 26.1 Å². The van der Waals surface area contributed by atoms with E-state index < -0.39 is 9.84 Å². The molecule has 2 heterocycles. The van der Waals surface area contributed by atoms with Crippen molar-refractivity contribution in [3.63, 3.8) is 0 Å². The Bertz CT molecular complexity index is 549. The van der Waals surface area contributed by atoms with Crippen LogP contribution in [0, 0.1) is 0 Å². The topological polar surface area (TPSA) is 66.5 Å². The van der Waals surface area contributed by atoms with Crippen LogP contribution in [-0.2, 0) is 14.6 Å². The maximum Gasteiger partial charge on any atom is 0.221 e. The third-order valence-corrected chi connectivity index (χ3v) is 7.02. The minimum Gasteiger partial charge on any atom is -0.356 e. The van der Waals surface area contributed by atoms with Gasteiger partial charge in [0.1, 0.15) is 4.21 Å². The van der Waals surface area contributed by atoms with Crippen LogP contribution in [-0.4, -0.2) is 51.2 Å². The quantitative estimate of drug-likeness (QED) is 0.732. The zero-order valence-electron chi connectivity index (χ0n) is 12.8. The summed E-state index contributed by atoms with van der Waals surface area (Å²) in [7, 11) is -3.31. The Labute approximate surface area is 136 Å². The van der Waals surface area contributed by atoms with Gasteiger partial charge >= 0.3 is 0 Å². The number of hydrogen-bond acceptors (Lipinski definition) is 5. The number of carbonyl (C=O) groups is 1. The second-order valence-electron chi connectivity index (χ2n) is 5.61. The molecule has 0 bridgehead atoms. The van der Waals surface area contributed by atoms with Gasteiger partial charge in [0.2, 0.25) is 5.91 Å². The Morgan fingerprint density at radius 2 is 2.05 bits per heavy atom. The highest BCUT2D eigenvalue weighted by Crippen LogP contribution is 2.17. The monoisotopic (exact) mass is 344 g/mol. The van der Waals surface area contributed by atoms with Gasteiger partial charge in [0.15, 0.2) is 9.84 Å². The van der Waals surface area contributed by atoms with E-state index in [1.165, 1.54) is 30.6 Å². The van der Waals surface area contributed by atoms with Crippen molar-refractivity contribution in [1.29, 1.82) is 0 Å². The highest BCUT2D eigenvalue weighted by molar-refractivity contribution is 7.93. The Balaban J connectivity index is 1.60. The van der Waals surface area contributed by atoms with Crippen molar-refractivity contribution in [2.45, 2.75) is 36.3 Å². The minimum absolute atomic E-state index is 0.0317. The molecule has 1 aliphatic heterocycles. The van der Waals surface area contributed by atoms with Gasteiger partial charge in [0, 0.05) is 13.0 Å². The lowest BCUT2D eigenvalue weighted by Gasteiger charge is -2.26. The number of rotatable bonds is 8. The number of hydrogen-bond donors (Lipinski definition) is 1.